The Morgan fingerprint density at radius 2 is 2.08 bits per heavy atom. The van der Waals surface area contributed by atoms with E-state index in [-0.39, 0.29) is 0 Å². The van der Waals surface area contributed by atoms with Crippen molar-refractivity contribution >= 4 is 15.8 Å². The van der Waals surface area contributed by atoms with Crippen molar-refractivity contribution in [3.8, 4) is 0 Å². The van der Waals surface area contributed by atoms with Gasteiger partial charge in [-0.25, -0.2) is 8.42 Å². The van der Waals surface area contributed by atoms with Gasteiger partial charge >= 0.3 is 0 Å². The van der Waals surface area contributed by atoms with Gasteiger partial charge in [0, 0.05) is 44.5 Å². The Hall–Kier alpha value is -1.60. The monoisotopic (exact) mass is 379 g/mol. The minimum absolute atomic E-state index is 0.317. The third-order valence-electron chi connectivity index (χ3n) is 5.27. The van der Waals surface area contributed by atoms with Gasteiger partial charge in [0.1, 0.15) is 0 Å². The Labute approximate surface area is 156 Å². The summed E-state index contributed by atoms with van der Waals surface area (Å²) in [4.78, 5) is 7.50. The van der Waals surface area contributed by atoms with Crippen LogP contribution in [0.4, 0.5) is 0 Å². The molecule has 7 heteroatoms. The number of likely N-dealkylation sites (tertiary alicyclic amines) is 1. The maximum absolute atomic E-state index is 11.5. The van der Waals surface area contributed by atoms with Gasteiger partial charge in [-0.3, -0.25) is 4.99 Å². The zero-order chi connectivity index (χ0) is 18.6. The minimum Gasteiger partial charge on any atom is -0.381 e. The summed E-state index contributed by atoms with van der Waals surface area (Å²) < 4.78 is 28.7. The lowest BCUT2D eigenvalue weighted by atomic mass is 9.87. The standard InChI is InChI=1S/C19H29N3O3S/c1-3-20-18(22-12-9-19(14-22)10-13-25-15-19)21-11-8-16-4-6-17(7-5-16)26(2,23)24/h4-7H,3,8-15H2,1-2H3,(H,20,21). The largest absolute Gasteiger partial charge is 0.381 e. The average Bonchev–Trinajstić information content (AvgIpc) is 3.24. The maximum atomic E-state index is 11.5. The first-order valence-corrected chi connectivity index (χ1v) is 11.2. The SMILES string of the molecule is CCNC(=NCCc1ccc(S(C)(=O)=O)cc1)N1CCC2(CCOC2)C1. The maximum Gasteiger partial charge on any atom is 0.193 e. The van der Waals surface area contributed by atoms with Crippen molar-refractivity contribution in [3.05, 3.63) is 29.8 Å². The van der Waals surface area contributed by atoms with E-state index in [2.05, 4.69) is 17.1 Å². The molecule has 0 aliphatic carbocycles. The first-order chi connectivity index (χ1) is 12.4. The van der Waals surface area contributed by atoms with Crippen LogP contribution in [0.5, 0.6) is 0 Å². The number of hydrogen-bond donors (Lipinski definition) is 1. The highest BCUT2D eigenvalue weighted by molar-refractivity contribution is 7.90. The number of nitrogens with one attached hydrogen (secondary N) is 1. The van der Waals surface area contributed by atoms with Crippen molar-refractivity contribution < 1.29 is 13.2 Å². The zero-order valence-electron chi connectivity index (χ0n) is 15.7. The van der Waals surface area contributed by atoms with Crippen LogP contribution in [0.1, 0.15) is 25.3 Å². The zero-order valence-corrected chi connectivity index (χ0v) is 16.5. The van der Waals surface area contributed by atoms with Crippen LogP contribution in [0, 0.1) is 5.41 Å². The molecule has 0 radical (unpaired) electrons. The highest BCUT2D eigenvalue weighted by Gasteiger charge is 2.42. The van der Waals surface area contributed by atoms with Gasteiger partial charge in [-0.05, 0) is 43.9 Å². The van der Waals surface area contributed by atoms with Crippen molar-refractivity contribution in [2.45, 2.75) is 31.1 Å². The summed E-state index contributed by atoms with van der Waals surface area (Å²) in [6.07, 6.45) is 4.34. The molecule has 0 aromatic heterocycles. The van der Waals surface area contributed by atoms with E-state index < -0.39 is 9.84 Å². The third-order valence-corrected chi connectivity index (χ3v) is 6.40. The molecule has 0 bridgehead atoms. The van der Waals surface area contributed by atoms with Crippen LogP contribution in [-0.2, 0) is 21.0 Å². The quantitative estimate of drug-likeness (QED) is 0.623. The highest BCUT2D eigenvalue weighted by Crippen LogP contribution is 2.38. The summed E-state index contributed by atoms with van der Waals surface area (Å²) in [6.45, 7) is 7.41. The van der Waals surface area contributed by atoms with Crippen molar-refractivity contribution in [2.75, 3.05) is 45.6 Å². The molecule has 2 saturated heterocycles. The van der Waals surface area contributed by atoms with Crippen LogP contribution in [0.2, 0.25) is 0 Å². The second-order valence-electron chi connectivity index (χ2n) is 7.38. The van der Waals surface area contributed by atoms with Crippen LogP contribution in [0.25, 0.3) is 0 Å². The predicted octanol–water partition coefficient (Wildman–Crippen LogP) is 1.71. The molecule has 0 amide bonds. The van der Waals surface area contributed by atoms with Gasteiger partial charge in [0.25, 0.3) is 0 Å². The fourth-order valence-electron chi connectivity index (χ4n) is 3.71. The molecule has 1 N–H and O–H groups in total. The molecule has 144 valence electrons. The molecular formula is C19H29N3O3S. The first-order valence-electron chi connectivity index (χ1n) is 9.32. The molecular weight excluding hydrogens is 350 g/mol. The van der Waals surface area contributed by atoms with Crippen molar-refractivity contribution in [1.29, 1.82) is 0 Å². The van der Waals surface area contributed by atoms with Gasteiger partial charge in [0.05, 0.1) is 11.5 Å². The van der Waals surface area contributed by atoms with Gasteiger partial charge in [0.2, 0.25) is 0 Å². The van der Waals surface area contributed by atoms with Crippen molar-refractivity contribution in [1.82, 2.24) is 10.2 Å². The van der Waals surface area contributed by atoms with Gasteiger partial charge in [0.15, 0.2) is 15.8 Å². The summed E-state index contributed by atoms with van der Waals surface area (Å²) in [5, 5.41) is 3.40. The highest BCUT2D eigenvalue weighted by atomic mass is 32.2. The topological polar surface area (TPSA) is 71.0 Å². The molecule has 0 saturated carbocycles. The lowest BCUT2D eigenvalue weighted by Crippen LogP contribution is -2.41. The van der Waals surface area contributed by atoms with Gasteiger partial charge in [-0.15, -0.1) is 0 Å². The molecule has 2 aliphatic rings. The Bertz CT molecular complexity index is 738. The average molecular weight is 380 g/mol. The van der Waals surface area contributed by atoms with Crippen LogP contribution < -0.4 is 5.32 Å². The number of rotatable bonds is 5. The normalized spacial score (nSPS) is 23.8. The van der Waals surface area contributed by atoms with Crippen LogP contribution >= 0.6 is 0 Å². The number of sulfone groups is 1. The lowest BCUT2D eigenvalue weighted by molar-refractivity contribution is 0.156. The summed E-state index contributed by atoms with van der Waals surface area (Å²) in [7, 11) is -3.14. The Balaban J connectivity index is 1.59. The summed E-state index contributed by atoms with van der Waals surface area (Å²) in [5.74, 6) is 0.976. The van der Waals surface area contributed by atoms with Gasteiger partial charge in [-0.1, -0.05) is 12.1 Å². The Morgan fingerprint density at radius 3 is 2.69 bits per heavy atom. The fraction of sp³-hybridized carbons (Fsp3) is 0.632. The van der Waals surface area contributed by atoms with Gasteiger partial charge < -0.3 is 15.0 Å². The molecule has 26 heavy (non-hydrogen) atoms. The van der Waals surface area contributed by atoms with E-state index in [0.29, 0.717) is 16.9 Å². The van der Waals surface area contributed by atoms with E-state index in [9.17, 15) is 8.42 Å². The smallest absolute Gasteiger partial charge is 0.193 e. The van der Waals surface area contributed by atoms with Crippen LogP contribution in [-0.4, -0.2) is 64.9 Å². The van der Waals surface area contributed by atoms with E-state index in [1.54, 1.807) is 12.1 Å². The fourth-order valence-corrected chi connectivity index (χ4v) is 4.34. The van der Waals surface area contributed by atoms with E-state index >= 15 is 0 Å². The van der Waals surface area contributed by atoms with E-state index in [1.807, 2.05) is 12.1 Å². The molecule has 2 aliphatic heterocycles. The Kier molecular flexibility index (Phi) is 5.87. The van der Waals surface area contributed by atoms with E-state index in [4.69, 9.17) is 9.73 Å². The Morgan fingerprint density at radius 1 is 1.31 bits per heavy atom. The summed E-state index contributed by atoms with van der Waals surface area (Å²) in [5.41, 5.74) is 1.41. The van der Waals surface area contributed by atoms with E-state index in [1.165, 1.54) is 12.7 Å². The second-order valence-corrected chi connectivity index (χ2v) is 9.39. The number of guanidine groups is 1. The van der Waals surface area contributed by atoms with Crippen LogP contribution in [0.3, 0.4) is 0 Å². The minimum atomic E-state index is -3.14. The molecule has 2 heterocycles. The predicted molar refractivity (Wildman–Crippen MR) is 103 cm³/mol. The van der Waals surface area contributed by atoms with Crippen molar-refractivity contribution in [3.63, 3.8) is 0 Å². The van der Waals surface area contributed by atoms with Crippen molar-refractivity contribution in [2.24, 2.45) is 10.4 Å². The lowest BCUT2D eigenvalue weighted by Gasteiger charge is -2.25. The molecule has 6 nitrogen and oxygen atoms in total. The third kappa shape index (κ3) is 4.57. The van der Waals surface area contributed by atoms with Gasteiger partial charge in [-0.2, -0.15) is 0 Å². The molecule has 1 spiro atoms. The second kappa shape index (κ2) is 7.96. The number of nitrogens with zero attached hydrogens (tertiary/aromatic N) is 2. The molecule has 1 aromatic rings. The van der Waals surface area contributed by atoms with Crippen LogP contribution in [0.15, 0.2) is 34.2 Å². The molecule has 2 fully saturated rings. The molecule has 1 atom stereocenters. The molecule has 1 unspecified atom stereocenters. The summed E-state index contributed by atoms with van der Waals surface area (Å²) in [6, 6.07) is 7.09. The number of hydrogen-bond acceptors (Lipinski definition) is 4. The number of aliphatic imine (C=N–C) groups is 1. The number of ether oxygens (including phenoxy) is 1. The van der Waals surface area contributed by atoms with E-state index in [0.717, 1.165) is 57.2 Å². The molecule has 1 aromatic carbocycles. The summed E-state index contributed by atoms with van der Waals surface area (Å²) >= 11 is 0. The number of benzene rings is 1. The first kappa shape index (κ1) is 19.2. The molecule has 3 rings (SSSR count).